The second kappa shape index (κ2) is 6.05. The van der Waals surface area contributed by atoms with E-state index >= 15 is 0 Å². The molecule has 0 radical (unpaired) electrons. The number of anilines is 1. The molecular weight excluding hydrogens is 283 g/mol. The minimum absolute atomic E-state index is 0.0549. The third kappa shape index (κ3) is 3.37. The van der Waals surface area contributed by atoms with E-state index in [0.29, 0.717) is 5.69 Å². The van der Waals surface area contributed by atoms with Crippen LogP contribution in [0.1, 0.15) is 48.5 Å². The molecule has 0 spiro atoms. The highest BCUT2D eigenvalue weighted by atomic mass is 19.4. The number of carbonyl (C=O) groups excluding carboxylic acids is 1. The van der Waals surface area contributed by atoms with Gasteiger partial charge in [0, 0.05) is 17.3 Å². The summed E-state index contributed by atoms with van der Waals surface area (Å²) in [6.45, 7) is 0.784. The largest absolute Gasteiger partial charge is 0.417 e. The fourth-order valence-electron chi connectivity index (χ4n) is 2.88. The molecule has 0 aromatic heterocycles. The molecule has 0 unspecified atom stereocenters. The molecule has 0 atom stereocenters. The number of ketones is 1. The molecule has 3 nitrogen and oxygen atoms in total. The Bertz CT molecular complexity index is 522. The molecule has 2 rings (SSSR count). The van der Waals surface area contributed by atoms with Crippen molar-refractivity contribution in [2.75, 3.05) is 11.6 Å². The number of benzene rings is 1. The molecule has 0 saturated heterocycles. The van der Waals surface area contributed by atoms with Crippen molar-refractivity contribution in [1.82, 2.24) is 0 Å². The molecule has 1 saturated carbocycles. The molecule has 1 fully saturated rings. The van der Waals surface area contributed by atoms with E-state index in [-0.39, 0.29) is 18.3 Å². The van der Waals surface area contributed by atoms with E-state index in [1.807, 2.05) is 0 Å². The number of carbonyl (C=O) groups is 1. The number of hydrogen-bond acceptors (Lipinski definition) is 3. The lowest BCUT2D eigenvalue weighted by Crippen LogP contribution is -2.34. The second-order valence-corrected chi connectivity index (χ2v) is 5.33. The van der Waals surface area contributed by atoms with Crippen LogP contribution in [0.2, 0.25) is 0 Å². The lowest BCUT2D eigenvalue weighted by molar-refractivity contribution is -0.137. The minimum atomic E-state index is -4.59. The van der Waals surface area contributed by atoms with Gasteiger partial charge in [0.2, 0.25) is 0 Å². The van der Waals surface area contributed by atoms with Crippen molar-refractivity contribution in [3.8, 4) is 0 Å². The quantitative estimate of drug-likeness (QED) is 0.682. The molecule has 0 heterocycles. The van der Waals surface area contributed by atoms with Gasteiger partial charge >= 0.3 is 6.18 Å². The molecule has 1 aliphatic carbocycles. The summed E-state index contributed by atoms with van der Waals surface area (Å²) in [6, 6.07) is 3.68. The average Bonchev–Trinajstić information content (AvgIpc) is 2.92. The smallest absolute Gasteiger partial charge is 0.376 e. The first-order valence-electron chi connectivity index (χ1n) is 6.94. The van der Waals surface area contributed by atoms with Crippen molar-refractivity contribution in [1.29, 1.82) is 0 Å². The second-order valence-electron chi connectivity index (χ2n) is 5.33. The maximum absolute atomic E-state index is 13.1. The molecule has 6 heteroatoms. The predicted octanol–water partition coefficient (Wildman–Crippen LogP) is 3.61. The van der Waals surface area contributed by atoms with Gasteiger partial charge in [-0.05, 0) is 38.0 Å². The number of rotatable bonds is 4. The zero-order valence-electron chi connectivity index (χ0n) is 11.8. The molecule has 1 aliphatic rings. The van der Waals surface area contributed by atoms with Crippen LogP contribution in [0.4, 0.5) is 18.9 Å². The Hall–Kier alpha value is -1.56. The van der Waals surface area contributed by atoms with Crippen LogP contribution in [0.5, 0.6) is 0 Å². The highest BCUT2D eigenvalue weighted by Crippen LogP contribution is 2.36. The molecule has 21 heavy (non-hydrogen) atoms. The summed E-state index contributed by atoms with van der Waals surface area (Å²) in [7, 11) is 0. The minimum Gasteiger partial charge on any atom is -0.376 e. The summed E-state index contributed by atoms with van der Waals surface area (Å²) in [6.07, 6.45) is -0.849. The maximum atomic E-state index is 13.1. The number of aliphatic hydroxyl groups excluding tert-OH is 1. The van der Waals surface area contributed by atoms with E-state index in [2.05, 4.69) is 0 Å². The van der Waals surface area contributed by atoms with Gasteiger partial charge in [-0.3, -0.25) is 4.79 Å². The molecule has 0 amide bonds. The van der Waals surface area contributed by atoms with Crippen molar-refractivity contribution < 1.29 is 23.1 Å². The SMILES string of the molecule is CC(=O)c1ccc(N(CO)C2CCCC2)cc1C(F)(F)F. The molecule has 116 valence electrons. The van der Waals surface area contributed by atoms with Crippen LogP contribution in [-0.2, 0) is 6.18 Å². The Labute approximate surface area is 121 Å². The van der Waals surface area contributed by atoms with Gasteiger partial charge in [0.15, 0.2) is 5.78 Å². The fraction of sp³-hybridized carbons (Fsp3) is 0.533. The number of nitrogens with zero attached hydrogens (tertiary/aromatic N) is 1. The number of aliphatic hydroxyl groups is 1. The molecule has 0 aliphatic heterocycles. The van der Waals surface area contributed by atoms with Gasteiger partial charge in [-0.15, -0.1) is 0 Å². The number of hydrogen-bond donors (Lipinski definition) is 1. The van der Waals surface area contributed by atoms with Crippen molar-refractivity contribution in [2.24, 2.45) is 0 Å². The van der Waals surface area contributed by atoms with Gasteiger partial charge in [0.1, 0.15) is 6.73 Å². The highest BCUT2D eigenvalue weighted by molar-refractivity contribution is 5.96. The standard InChI is InChI=1S/C15H18F3NO2/c1-10(21)13-7-6-12(8-14(13)15(16,17)18)19(9-20)11-4-2-3-5-11/h6-8,11,20H,2-5,9H2,1H3. The van der Waals surface area contributed by atoms with E-state index in [1.54, 1.807) is 4.90 Å². The zero-order chi connectivity index (χ0) is 15.6. The van der Waals surface area contributed by atoms with Gasteiger partial charge < -0.3 is 10.0 Å². The lowest BCUT2D eigenvalue weighted by Gasteiger charge is -2.29. The Morgan fingerprint density at radius 3 is 2.43 bits per heavy atom. The molecule has 1 aromatic carbocycles. The molecule has 1 aromatic rings. The predicted molar refractivity (Wildman–Crippen MR) is 73.3 cm³/mol. The van der Waals surface area contributed by atoms with Crippen LogP contribution in [0, 0.1) is 0 Å². The Morgan fingerprint density at radius 2 is 1.95 bits per heavy atom. The van der Waals surface area contributed by atoms with Crippen LogP contribution in [-0.4, -0.2) is 23.7 Å². The third-order valence-corrected chi connectivity index (χ3v) is 3.94. The maximum Gasteiger partial charge on any atom is 0.417 e. The lowest BCUT2D eigenvalue weighted by atomic mass is 10.0. The van der Waals surface area contributed by atoms with Crippen LogP contribution in [0.15, 0.2) is 18.2 Å². The van der Waals surface area contributed by atoms with Crippen LogP contribution in [0.25, 0.3) is 0 Å². The number of alkyl halides is 3. The van der Waals surface area contributed by atoms with Crippen molar-refractivity contribution in [3.63, 3.8) is 0 Å². The molecule has 0 bridgehead atoms. The summed E-state index contributed by atoms with van der Waals surface area (Å²) in [4.78, 5) is 12.9. The van der Waals surface area contributed by atoms with Gasteiger partial charge in [-0.2, -0.15) is 13.2 Å². The van der Waals surface area contributed by atoms with Gasteiger partial charge in [-0.25, -0.2) is 0 Å². The normalized spacial score (nSPS) is 16.2. The number of Topliss-reactive ketones (excluding diaryl/α,β-unsaturated/α-hetero) is 1. The monoisotopic (exact) mass is 301 g/mol. The van der Waals surface area contributed by atoms with Gasteiger partial charge in [-0.1, -0.05) is 12.8 Å². The summed E-state index contributed by atoms with van der Waals surface area (Å²) in [5.74, 6) is -0.620. The Balaban J connectivity index is 2.42. The van der Waals surface area contributed by atoms with Crippen LogP contribution >= 0.6 is 0 Å². The third-order valence-electron chi connectivity index (χ3n) is 3.94. The van der Waals surface area contributed by atoms with Crippen LogP contribution < -0.4 is 4.90 Å². The summed E-state index contributed by atoms with van der Waals surface area (Å²) in [5.41, 5.74) is -0.971. The molecule has 1 N–H and O–H groups in total. The first-order chi connectivity index (χ1) is 9.84. The van der Waals surface area contributed by atoms with E-state index in [1.165, 1.54) is 12.1 Å². The first kappa shape index (κ1) is 15.8. The summed E-state index contributed by atoms with van der Waals surface area (Å²) >= 11 is 0. The van der Waals surface area contributed by atoms with E-state index in [9.17, 15) is 23.1 Å². The van der Waals surface area contributed by atoms with Gasteiger partial charge in [0.05, 0.1) is 5.56 Å². The van der Waals surface area contributed by atoms with Gasteiger partial charge in [0.25, 0.3) is 0 Å². The number of halogens is 3. The van der Waals surface area contributed by atoms with Crippen molar-refractivity contribution in [2.45, 2.75) is 44.8 Å². The average molecular weight is 301 g/mol. The molecular formula is C15H18F3NO2. The van der Waals surface area contributed by atoms with Crippen molar-refractivity contribution in [3.05, 3.63) is 29.3 Å². The zero-order valence-corrected chi connectivity index (χ0v) is 11.8. The topological polar surface area (TPSA) is 40.5 Å². The van der Waals surface area contributed by atoms with E-state index in [4.69, 9.17) is 0 Å². The fourth-order valence-corrected chi connectivity index (χ4v) is 2.88. The first-order valence-corrected chi connectivity index (χ1v) is 6.94. The van der Waals surface area contributed by atoms with E-state index < -0.39 is 17.5 Å². The van der Waals surface area contributed by atoms with Crippen LogP contribution in [0.3, 0.4) is 0 Å². The van der Waals surface area contributed by atoms with Crippen molar-refractivity contribution >= 4 is 11.5 Å². The highest BCUT2D eigenvalue weighted by Gasteiger charge is 2.35. The van der Waals surface area contributed by atoms with E-state index in [0.717, 1.165) is 38.7 Å². The Morgan fingerprint density at radius 1 is 1.33 bits per heavy atom. The summed E-state index contributed by atoms with van der Waals surface area (Å²) in [5, 5.41) is 9.49. The Kier molecular flexibility index (Phi) is 4.56. The summed E-state index contributed by atoms with van der Waals surface area (Å²) < 4.78 is 39.3.